The summed E-state index contributed by atoms with van der Waals surface area (Å²) in [5.41, 5.74) is 1.20. The largest absolute Gasteiger partial charge is 0.414 e. The van der Waals surface area contributed by atoms with Crippen LogP contribution in [0.3, 0.4) is 0 Å². The predicted molar refractivity (Wildman–Crippen MR) is 120 cm³/mol. The van der Waals surface area contributed by atoms with Gasteiger partial charge in [0.2, 0.25) is 0 Å². The normalized spacial score (nSPS) is 45.3. The van der Waals surface area contributed by atoms with Crippen LogP contribution in [0.4, 0.5) is 0 Å². The van der Waals surface area contributed by atoms with E-state index in [-0.39, 0.29) is 28.1 Å². The average Bonchev–Trinajstić information content (AvgIpc) is 2.90. The maximum absolute atomic E-state index is 12.6. The van der Waals surface area contributed by atoms with Gasteiger partial charge in [0.15, 0.2) is 8.32 Å². The minimum absolute atomic E-state index is 0.101. The molecule has 0 bridgehead atoms. The number of aliphatic hydroxyl groups is 1. The summed E-state index contributed by atoms with van der Waals surface area (Å²) in [7, 11) is -1.85. The number of carbonyl (C=O) groups excluding carboxylic acids is 1. The highest BCUT2D eigenvalue weighted by atomic mass is 28.4. The summed E-state index contributed by atoms with van der Waals surface area (Å²) in [6.07, 6.45) is 8.98. The van der Waals surface area contributed by atoms with Gasteiger partial charge in [0, 0.05) is 17.3 Å². The Hall–Kier alpha value is -0.453. The Balaban J connectivity index is 1.59. The molecule has 0 aromatic carbocycles. The van der Waals surface area contributed by atoms with Gasteiger partial charge in [-0.1, -0.05) is 46.3 Å². The van der Waals surface area contributed by atoms with Gasteiger partial charge in [-0.3, -0.25) is 4.79 Å². The molecule has 0 aromatic rings. The zero-order chi connectivity index (χ0) is 21.4. The number of Topliss-reactive ketones (excluding diaryl/α,β-unsaturated/α-hetero) is 1. The van der Waals surface area contributed by atoms with E-state index in [9.17, 15) is 9.90 Å². The molecule has 164 valence electrons. The van der Waals surface area contributed by atoms with Crippen molar-refractivity contribution in [3.63, 3.8) is 0 Å². The van der Waals surface area contributed by atoms with E-state index in [2.05, 4.69) is 53.8 Å². The molecule has 1 N–H and O–H groups in total. The Morgan fingerprint density at radius 2 is 1.86 bits per heavy atom. The van der Waals surface area contributed by atoms with Gasteiger partial charge in [-0.2, -0.15) is 0 Å². The van der Waals surface area contributed by atoms with Gasteiger partial charge in [0.25, 0.3) is 0 Å². The molecule has 0 spiro atoms. The molecule has 0 heterocycles. The van der Waals surface area contributed by atoms with Gasteiger partial charge in [-0.25, -0.2) is 0 Å². The molecule has 29 heavy (non-hydrogen) atoms. The summed E-state index contributed by atoms with van der Waals surface area (Å²) in [5, 5.41) is 11.6. The number of fused-ring (bicyclic) bond motifs is 5. The highest BCUT2D eigenvalue weighted by Crippen LogP contribution is 2.64. The van der Waals surface area contributed by atoms with Crippen molar-refractivity contribution in [1.29, 1.82) is 0 Å². The fourth-order valence-electron chi connectivity index (χ4n) is 7.14. The van der Waals surface area contributed by atoms with Crippen LogP contribution in [0.25, 0.3) is 0 Å². The fourth-order valence-corrected chi connectivity index (χ4v) is 8.50. The lowest BCUT2D eigenvalue weighted by Crippen LogP contribution is -2.57. The third-order valence-electron chi connectivity index (χ3n) is 10.1. The Labute approximate surface area is 178 Å². The van der Waals surface area contributed by atoms with Gasteiger partial charge in [0.05, 0.1) is 12.2 Å². The van der Waals surface area contributed by atoms with Gasteiger partial charge in [0.1, 0.15) is 5.78 Å². The van der Waals surface area contributed by atoms with Crippen LogP contribution in [-0.4, -0.2) is 31.4 Å². The maximum atomic E-state index is 12.6. The van der Waals surface area contributed by atoms with Gasteiger partial charge < -0.3 is 9.53 Å². The lowest BCUT2D eigenvalue weighted by atomic mass is 9.47. The molecule has 7 atom stereocenters. The first-order valence-corrected chi connectivity index (χ1v) is 14.8. The fraction of sp³-hybridized carbons (Fsp3) is 0.880. The van der Waals surface area contributed by atoms with Crippen molar-refractivity contribution in [2.24, 2.45) is 28.6 Å². The number of hydrogen-bond donors (Lipinski definition) is 1. The molecular formula is C25H42O3Si. The second-order valence-corrected chi connectivity index (χ2v) is 17.3. The van der Waals surface area contributed by atoms with Crippen LogP contribution < -0.4 is 0 Å². The Bertz CT molecular complexity index is 720. The predicted octanol–water partition coefficient (Wildman–Crippen LogP) is 5.88. The first-order valence-electron chi connectivity index (χ1n) is 11.9. The monoisotopic (exact) mass is 418 g/mol. The number of ketones is 1. The molecule has 4 aliphatic rings. The van der Waals surface area contributed by atoms with Crippen molar-refractivity contribution >= 4 is 14.1 Å². The summed E-state index contributed by atoms with van der Waals surface area (Å²) in [6, 6.07) is 0. The minimum Gasteiger partial charge on any atom is -0.414 e. The topological polar surface area (TPSA) is 46.5 Å². The van der Waals surface area contributed by atoms with E-state index >= 15 is 0 Å². The maximum Gasteiger partial charge on any atom is 0.192 e. The van der Waals surface area contributed by atoms with Crippen molar-refractivity contribution < 1.29 is 14.3 Å². The lowest BCUT2D eigenvalue weighted by Gasteiger charge is -2.59. The summed E-state index contributed by atoms with van der Waals surface area (Å²) in [6.45, 7) is 16.0. The molecule has 3 fully saturated rings. The molecule has 4 heteroatoms. The molecule has 4 rings (SSSR count). The first kappa shape index (κ1) is 21.8. The SMILES string of the molecule is CC(C)(C)[Si](C)(C)O[C@@H]1CC2=CC[C@@H]3[C@H](CC[C@]4(C)C(=O)CC[C@@H]34)[C@@]2(C)[C@@H](O)C1. The van der Waals surface area contributed by atoms with Crippen LogP contribution in [0.1, 0.15) is 79.6 Å². The second-order valence-electron chi connectivity index (χ2n) is 12.5. The third kappa shape index (κ3) is 3.15. The van der Waals surface area contributed by atoms with Crippen molar-refractivity contribution in [3.05, 3.63) is 11.6 Å². The molecule has 0 radical (unpaired) electrons. The van der Waals surface area contributed by atoms with E-state index in [0.717, 1.165) is 44.9 Å². The highest BCUT2D eigenvalue weighted by Gasteiger charge is 2.60. The molecule has 4 aliphatic carbocycles. The van der Waals surface area contributed by atoms with Gasteiger partial charge in [-0.15, -0.1) is 0 Å². The van der Waals surface area contributed by atoms with E-state index in [1.54, 1.807) is 0 Å². The van der Waals surface area contributed by atoms with Crippen LogP contribution in [0.2, 0.25) is 18.1 Å². The summed E-state index contributed by atoms with van der Waals surface area (Å²) >= 11 is 0. The average molecular weight is 419 g/mol. The molecule has 0 amide bonds. The summed E-state index contributed by atoms with van der Waals surface area (Å²) in [4.78, 5) is 12.6. The Kier molecular flexibility index (Phi) is 5.08. The highest BCUT2D eigenvalue weighted by molar-refractivity contribution is 6.74. The van der Waals surface area contributed by atoms with Crippen molar-refractivity contribution in [2.45, 2.75) is 110 Å². The standard InChI is InChI=1S/C25H42O3Si/c1-23(2,3)29(6,7)28-17-14-16-8-9-18-19-10-11-21(26)24(19,4)13-12-20(18)25(16,5)22(27)15-17/h8,17-20,22,27H,9-15H2,1-7H3/t17-,18+,19+,20+,22+,24+,25+/m1/s1. The molecule has 0 unspecified atom stereocenters. The van der Waals surface area contributed by atoms with E-state index in [1.807, 2.05) is 0 Å². The van der Waals surface area contributed by atoms with Crippen LogP contribution in [0.15, 0.2) is 11.6 Å². The van der Waals surface area contributed by atoms with E-state index in [1.165, 1.54) is 5.57 Å². The Morgan fingerprint density at radius 1 is 1.17 bits per heavy atom. The third-order valence-corrected chi connectivity index (χ3v) is 14.7. The van der Waals surface area contributed by atoms with Crippen molar-refractivity contribution in [2.75, 3.05) is 0 Å². The van der Waals surface area contributed by atoms with Crippen LogP contribution >= 0.6 is 0 Å². The molecular weight excluding hydrogens is 376 g/mol. The number of carbonyl (C=O) groups is 1. The number of hydrogen-bond acceptors (Lipinski definition) is 3. The molecule has 3 nitrogen and oxygen atoms in total. The smallest absolute Gasteiger partial charge is 0.192 e. The number of aliphatic hydroxyl groups excluding tert-OH is 1. The molecule has 0 aromatic heterocycles. The van der Waals surface area contributed by atoms with E-state index in [0.29, 0.717) is 23.5 Å². The van der Waals surface area contributed by atoms with Gasteiger partial charge in [-0.05, 0) is 74.4 Å². The molecule has 0 aliphatic heterocycles. The first-order chi connectivity index (χ1) is 13.3. The molecule has 3 saturated carbocycles. The molecule has 0 saturated heterocycles. The van der Waals surface area contributed by atoms with E-state index < -0.39 is 8.32 Å². The number of allylic oxidation sites excluding steroid dienone is 1. The zero-order valence-electron chi connectivity index (χ0n) is 19.7. The van der Waals surface area contributed by atoms with E-state index in [4.69, 9.17) is 4.43 Å². The van der Waals surface area contributed by atoms with Crippen molar-refractivity contribution in [1.82, 2.24) is 0 Å². The number of rotatable bonds is 2. The quantitative estimate of drug-likeness (QED) is 0.450. The van der Waals surface area contributed by atoms with Crippen molar-refractivity contribution in [3.8, 4) is 0 Å². The van der Waals surface area contributed by atoms with Gasteiger partial charge >= 0.3 is 0 Å². The zero-order valence-corrected chi connectivity index (χ0v) is 20.7. The van der Waals surface area contributed by atoms with Crippen LogP contribution in [-0.2, 0) is 9.22 Å². The second kappa shape index (κ2) is 6.77. The van der Waals surface area contributed by atoms with Crippen LogP contribution in [0, 0.1) is 28.6 Å². The summed E-state index contributed by atoms with van der Waals surface area (Å²) in [5.74, 6) is 2.07. The van der Waals surface area contributed by atoms with Crippen LogP contribution in [0.5, 0.6) is 0 Å². The Morgan fingerprint density at radius 3 is 2.52 bits per heavy atom. The lowest BCUT2D eigenvalue weighted by molar-refractivity contribution is -0.135. The summed E-state index contributed by atoms with van der Waals surface area (Å²) < 4.78 is 6.74. The minimum atomic E-state index is -1.85.